The second-order valence-corrected chi connectivity index (χ2v) is 5.06. The van der Waals surface area contributed by atoms with Crippen molar-refractivity contribution in [2.24, 2.45) is 5.92 Å². The fraction of sp³-hybridized carbons (Fsp3) is 0.571. The van der Waals surface area contributed by atoms with Crippen molar-refractivity contribution in [2.45, 2.75) is 25.8 Å². The van der Waals surface area contributed by atoms with Crippen LogP contribution in [0.5, 0.6) is 0 Å². The van der Waals surface area contributed by atoms with Gasteiger partial charge in [0.25, 0.3) is 0 Å². The summed E-state index contributed by atoms with van der Waals surface area (Å²) in [6.07, 6.45) is 2.10. The molecule has 0 radical (unpaired) electrons. The molecule has 0 amide bonds. The number of halogens is 2. The van der Waals surface area contributed by atoms with E-state index in [2.05, 4.69) is 5.32 Å². The van der Waals surface area contributed by atoms with Gasteiger partial charge in [-0.2, -0.15) is 0 Å². The summed E-state index contributed by atoms with van der Waals surface area (Å²) in [5.74, 6) is 0.00218. The van der Waals surface area contributed by atoms with Crippen molar-refractivity contribution in [2.75, 3.05) is 19.8 Å². The molecule has 1 aromatic rings. The second kappa shape index (κ2) is 6.50. The second-order valence-electron chi connectivity index (χ2n) is 4.66. The number of benzene rings is 1. The first-order valence-corrected chi connectivity index (χ1v) is 6.87. The Balaban J connectivity index is 2.25. The molecule has 1 aromatic carbocycles. The average molecular weight is 272 g/mol. The van der Waals surface area contributed by atoms with Gasteiger partial charge in [0, 0.05) is 24.1 Å². The molecular formula is C14H19ClFNO. The number of rotatable bonds is 4. The molecule has 0 aromatic heterocycles. The summed E-state index contributed by atoms with van der Waals surface area (Å²) < 4.78 is 19.6. The van der Waals surface area contributed by atoms with E-state index in [-0.39, 0.29) is 16.9 Å². The summed E-state index contributed by atoms with van der Waals surface area (Å²) in [5, 5.41) is 3.55. The van der Waals surface area contributed by atoms with E-state index in [1.54, 1.807) is 12.1 Å². The molecule has 0 spiro atoms. The highest BCUT2D eigenvalue weighted by atomic mass is 35.5. The fourth-order valence-electron chi connectivity index (χ4n) is 2.54. The molecule has 2 rings (SSSR count). The normalized spacial score (nSPS) is 21.8. The maximum atomic E-state index is 14.1. The van der Waals surface area contributed by atoms with E-state index in [0.29, 0.717) is 18.1 Å². The summed E-state index contributed by atoms with van der Waals surface area (Å²) in [7, 11) is 0. The summed E-state index contributed by atoms with van der Waals surface area (Å²) in [6.45, 7) is 4.32. The minimum absolute atomic E-state index is 0.0194. The molecule has 0 saturated carbocycles. The maximum Gasteiger partial charge on any atom is 0.146 e. The molecule has 1 saturated heterocycles. The fourth-order valence-corrected chi connectivity index (χ4v) is 2.72. The molecule has 1 fully saturated rings. The molecule has 4 heteroatoms. The minimum Gasteiger partial charge on any atom is -0.381 e. The van der Waals surface area contributed by atoms with E-state index >= 15 is 0 Å². The van der Waals surface area contributed by atoms with E-state index in [9.17, 15) is 4.39 Å². The van der Waals surface area contributed by atoms with Gasteiger partial charge in [-0.15, -0.1) is 0 Å². The molecule has 0 bridgehead atoms. The molecule has 2 unspecified atom stereocenters. The van der Waals surface area contributed by atoms with E-state index in [0.717, 1.165) is 26.0 Å². The zero-order valence-electron chi connectivity index (χ0n) is 10.6. The molecule has 100 valence electrons. The van der Waals surface area contributed by atoms with Gasteiger partial charge in [-0.25, -0.2) is 4.39 Å². The largest absolute Gasteiger partial charge is 0.381 e. The summed E-state index contributed by atoms with van der Waals surface area (Å²) >= 11 is 5.86. The SMILES string of the molecule is CCNC(c1cccc(Cl)c1F)C1CCCOC1. The van der Waals surface area contributed by atoms with Gasteiger partial charge in [0.15, 0.2) is 0 Å². The molecule has 0 aliphatic carbocycles. The van der Waals surface area contributed by atoms with Gasteiger partial charge in [-0.1, -0.05) is 30.7 Å². The third kappa shape index (κ3) is 3.02. The number of hydrogen-bond acceptors (Lipinski definition) is 2. The van der Waals surface area contributed by atoms with Crippen molar-refractivity contribution in [1.29, 1.82) is 0 Å². The van der Waals surface area contributed by atoms with Gasteiger partial charge in [0.2, 0.25) is 0 Å². The molecular weight excluding hydrogens is 253 g/mol. The van der Waals surface area contributed by atoms with Crippen LogP contribution in [0.25, 0.3) is 0 Å². The lowest BCUT2D eigenvalue weighted by Gasteiger charge is -2.31. The summed E-state index contributed by atoms with van der Waals surface area (Å²) in [5.41, 5.74) is 0.653. The monoisotopic (exact) mass is 271 g/mol. The van der Waals surface area contributed by atoms with Crippen LogP contribution >= 0.6 is 11.6 Å². The van der Waals surface area contributed by atoms with Crippen LogP contribution in [-0.4, -0.2) is 19.8 Å². The van der Waals surface area contributed by atoms with Crippen LogP contribution in [0.2, 0.25) is 5.02 Å². The van der Waals surface area contributed by atoms with Crippen molar-refractivity contribution >= 4 is 11.6 Å². The van der Waals surface area contributed by atoms with Gasteiger partial charge in [0.05, 0.1) is 11.6 Å². The maximum absolute atomic E-state index is 14.1. The van der Waals surface area contributed by atoms with Crippen LogP contribution < -0.4 is 5.32 Å². The zero-order valence-corrected chi connectivity index (χ0v) is 11.3. The Hall–Kier alpha value is -0.640. The number of nitrogens with one attached hydrogen (secondary N) is 1. The third-order valence-electron chi connectivity index (χ3n) is 3.41. The van der Waals surface area contributed by atoms with Crippen LogP contribution in [0.4, 0.5) is 4.39 Å². The highest BCUT2D eigenvalue weighted by Crippen LogP contribution is 2.32. The summed E-state index contributed by atoms with van der Waals surface area (Å²) in [6, 6.07) is 5.17. The first-order valence-electron chi connectivity index (χ1n) is 6.49. The van der Waals surface area contributed by atoms with Gasteiger partial charge in [0.1, 0.15) is 5.82 Å². The molecule has 1 aliphatic heterocycles. The van der Waals surface area contributed by atoms with Crippen LogP contribution in [0.1, 0.15) is 31.4 Å². The lowest BCUT2D eigenvalue weighted by Crippen LogP contribution is -2.34. The first-order chi connectivity index (χ1) is 8.74. The molecule has 1 N–H and O–H groups in total. The Labute approximate surface area is 112 Å². The highest BCUT2D eigenvalue weighted by molar-refractivity contribution is 6.30. The molecule has 2 nitrogen and oxygen atoms in total. The Kier molecular flexibility index (Phi) is 4.98. The van der Waals surface area contributed by atoms with Crippen LogP contribution in [0, 0.1) is 11.7 Å². The van der Waals surface area contributed by atoms with Crippen molar-refractivity contribution in [3.8, 4) is 0 Å². The number of hydrogen-bond donors (Lipinski definition) is 1. The van der Waals surface area contributed by atoms with Gasteiger partial charge in [-0.3, -0.25) is 0 Å². The van der Waals surface area contributed by atoms with E-state index in [4.69, 9.17) is 16.3 Å². The number of ether oxygens (including phenoxy) is 1. The van der Waals surface area contributed by atoms with Crippen molar-refractivity contribution < 1.29 is 9.13 Å². The predicted octanol–water partition coefficient (Wildman–Crippen LogP) is 3.56. The Morgan fingerprint density at radius 3 is 3.06 bits per heavy atom. The zero-order chi connectivity index (χ0) is 13.0. The topological polar surface area (TPSA) is 21.3 Å². The first kappa shape index (κ1) is 13.8. The van der Waals surface area contributed by atoms with Gasteiger partial charge in [-0.05, 0) is 25.5 Å². The van der Waals surface area contributed by atoms with Crippen LogP contribution in [0.3, 0.4) is 0 Å². The van der Waals surface area contributed by atoms with Gasteiger partial charge >= 0.3 is 0 Å². The van der Waals surface area contributed by atoms with E-state index in [1.807, 2.05) is 13.0 Å². The smallest absolute Gasteiger partial charge is 0.146 e. The molecule has 2 atom stereocenters. The van der Waals surface area contributed by atoms with E-state index < -0.39 is 0 Å². The lowest BCUT2D eigenvalue weighted by atomic mass is 9.88. The van der Waals surface area contributed by atoms with Crippen LogP contribution in [0.15, 0.2) is 18.2 Å². The van der Waals surface area contributed by atoms with Crippen molar-refractivity contribution in [3.05, 3.63) is 34.6 Å². The quantitative estimate of drug-likeness (QED) is 0.904. The van der Waals surface area contributed by atoms with Crippen molar-refractivity contribution in [1.82, 2.24) is 5.32 Å². The Bertz CT molecular complexity index is 393. The molecule has 18 heavy (non-hydrogen) atoms. The Morgan fingerprint density at radius 1 is 1.56 bits per heavy atom. The highest BCUT2D eigenvalue weighted by Gasteiger charge is 2.27. The van der Waals surface area contributed by atoms with Gasteiger partial charge < -0.3 is 10.1 Å². The molecule has 1 heterocycles. The standard InChI is InChI=1S/C14H19ClFNO/c1-2-17-14(10-5-4-8-18-9-10)11-6-3-7-12(15)13(11)16/h3,6-7,10,14,17H,2,4-5,8-9H2,1H3. The summed E-state index contributed by atoms with van der Waals surface area (Å²) in [4.78, 5) is 0. The van der Waals surface area contributed by atoms with E-state index in [1.165, 1.54) is 0 Å². The van der Waals surface area contributed by atoms with Crippen LogP contribution in [-0.2, 0) is 4.74 Å². The predicted molar refractivity (Wildman–Crippen MR) is 71.4 cm³/mol. The molecule has 1 aliphatic rings. The minimum atomic E-state index is -0.310. The Morgan fingerprint density at radius 2 is 2.39 bits per heavy atom. The average Bonchev–Trinajstić information content (AvgIpc) is 2.41. The lowest BCUT2D eigenvalue weighted by molar-refractivity contribution is 0.0387. The van der Waals surface area contributed by atoms with Crippen molar-refractivity contribution in [3.63, 3.8) is 0 Å². The third-order valence-corrected chi connectivity index (χ3v) is 3.70.